The first-order valence-corrected chi connectivity index (χ1v) is 38.0. The second kappa shape index (κ2) is 36.4. The van der Waals surface area contributed by atoms with Crippen molar-refractivity contribution in [2.45, 2.75) is 158 Å². The van der Waals surface area contributed by atoms with Crippen LogP contribution in [0, 0.1) is 0 Å². The fraction of sp³-hybridized carbons (Fsp3) is 0.400. The van der Waals surface area contributed by atoms with E-state index >= 15 is 0 Å². The maximum Gasteiger partial charge on any atom is 2.00 e. The van der Waals surface area contributed by atoms with Crippen LogP contribution in [-0.4, -0.2) is 170 Å². The Morgan fingerprint density at radius 2 is 0.381 bits per heavy atom. The summed E-state index contributed by atoms with van der Waals surface area (Å²) in [4.78, 5) is 192. The summed E-state index contributed by atoms with van der Waals surface area (Å²) in [5.74, 6) is -7.55. The molecular weight excluding hydrogens is 1510 g/mol. The molecule has 9 heterocycles. The van der Waals surface area contributed by atoms with E-state index in [1.807, 2.05) is 55.4 Å². The molecule has 8 bridgehead atoms. The van der Waals surface area contributed by atoms with Gasteiger partial charge in [-0.15, -0.1) is 0 Å². The number of hydrogen-bond donors (Lipinski definition) is 0. The monoisotopic (exact) mass is 1580 g/mol. The van der Waals surface area contributed by atoms with E-state index in [-0.39, 0.29) is 206 Å². The summed E-state index contributed by atoms with van der Waals surface area (Å²) in [7, 11) is 0. The van der Waals surface area contributed by atoms with E-state index in [0.29, 0.717) is 103 Å². The van der Waals surface area contributed by atoms with Gasteiger partial charge in [0.1, 0.15) is 0 Å². The Labute approximate surface area is 658 Å². The minimum absolute atomic E-state index is 0. The van der Waals surface area contributed by atoms with Crippen LogP contribution in [0.1, 0.15) is 242 Å². The average molecular weight is 1590 g/mol. The second-order valence-corrected chi connectivity index (χ2v) is 26.6. The van der Waals surface area contributed by atoms with Crippen LogP contribution in [-0.2, 0) is 57.4 Å². The van der Waals surface area contributed by atoms with Crippen LogP contribution in [0.25, 0.3) is 134 Å². The molecule has 2 aliphatic rings. The molecule has 4 aromatic carbocycles. The Morgan fingerprint density at radius 1 is 0.230 bits per heavy atom. The molecule has 0 spiro atoms. The Morgan fingerprint density at radius 3 is 0.531 bits per heavy atom. The number of benzene rings is 4. The van der Waals surface area contributed by atoms with E-state index in [1.165, 1.54) is 0 Å². The average Bonchev–Trinajstić information content (AvgIpc) is 1.59. The van der Waals surface area contributed by atoms with Crippen molar-refractivity contribution in [3.8, 4) is 45.6 Å². The SMILES string of the molecule is CCCCOC(=O)c1nc2cc3c(cc2nc1C(=O)OCCCC)-c1nc-3nc2[n-]c(nc3nc(nc4[n-]c(n1)c1cc5nc(C(=O)OCCCC)c(C(=O)OCCCC)nc5cc41)-c1cc4nc(C(=O)OCCCC)c(C(=O)OCCCC)nc4cc1-3)c1cc3nc(C(=O)OCCCC)c(C(=O)OCCCC)nc3cc21.[Zn+2]. The third-order valence-electron chi connectivity index (χ3n) is 18.2. The molecule has 0 atom stereocenters. The molecule has 0 aliphatic carbocycles. The van der Waals surface area contributed by atoms with Crippen molar-refractivity contribution in [1.29, 1.82) is 0 Å². The van der Waals surface area contributed by atoms with E-state index in [2.05, 4.69) is 0 Å². The zero-order valence-electron chi connectivity index (χ0n) is 64.0. The van der Waals surface area contributed by atoms with Crippen LogP contribution >= 0.6 is 0 Å². The van der Waals surface area contributed by atoms with Gasteiger partial charge in [-0.2, -0.15) is 0 Å². The molecule has 11 aromatic rings. The molecule has 0 N–H and O–H groups in total. The van der Waals surface area contributed by atoms with Crippen molar-refractivity contribution in [2.75, 3.05) is 52.9 Å². The van der Waals surface area contributed by atoms with Gasteiger partial charge in [0, 0.05) is 44.8 Å². The number of esters is 8. The van der Waals surface area contributed by atoms with E-state index in [4.69, 9.17) is 118 Å². The zero-order valence-corrected chi connectivity index (χ0v) is 67.0. The summed E-state index contributed by atoms with van der Waals surface area (Å²) >= 11 is 0. The number of nitrogens with zero attached hydrogens (tertiary/aromatic N) is 16. The molecule has 32 nitrogen and oxygen atoms in total. The number of ether oxygens (including phenoxy) is 8. The normalized spacial score (nSPS) is 11.5. The van der Waals surface area contributed by atoms with Crippen LogP contribution in [0.2, 0.25) is 0 Å². The van der Waals surface area contributed by atoms with E-state index in [0.717, 1.165) is 0 Å². The van der Waals surface area contributed by atoms with Gasteiger partial charge in [0.2, 0.25) is 0 Å². The predicted molar refractivity (Wildman–Crippen MR) is 408 cm³/mol. The third-order valence-corrected chi connectivity index (χ3v) is 18.2. The molecule has 113 heavy (non-hydrogen) atoms. The van der Waals surface area contributed by atoms with Crippen molar-refractivity contribution in [3.63, 3.8) is 0 Å². The van der Waals surface area contributed by atoms with Crippen LogP contribution < -0.4 is 9.97 Å². The van der Waals surface area contributed by atoms with Gasteiger partial charge in [0.15, 0.2) is 45.6 Å². The summed E-state index contributed by atoms with van der Waals surface area (Å²) in [5.41, 5.74) is -1.72. The molecule has 13 rings (SSSR count). The summed E-state index contributed by atoms with van der Waals surface area (Å²) in [6, 6.07) is 12.5. The van der Waals surface area contributed by atoms with E-state index in [1.54, 1.807) is 48.5 Å². The molecule has 0 unspecified atom stereocenters. The van der Waals surface area contributed by atoms with Crippen LogP contribution in [0.15, 0.2) is 48.5 Å². The largest absolute Gasteiger partial charge is 2.00 e. The summed E-state index contributed by atoms with van der Waals surface area (Å²) < 4.78 is 45.2. The van der Waals surface area contributed by atoms with Crippen molar-refractivity contribution in [1.82, 2.24) is 79.7 Å². The number of fused-ring (bicyclic) bond motifs is 24. The predicted octanol–water partition coefficient (Wildman–Crippen LogP) is 13.6. The number of hydrogen-bond acceptors (Lipinski definition) is 30. The van der Waals surface area contributed by atoms with Gasteiger partial charge < -0.3 is 67.8 Å². The topological polar surface area (TPSA) is 419 Å². The number of rotatable bonds is 32. The fourth-order valence-corrected chi connectivity index (χ4v) is 12.0. The zero-order chi connectivity index (χ0) is 78.7. The van der Waals surface area contributed by atoms with Crippen LogP contribution in [0.5, 0.6) is 0 Å². The van der Waals surface area contributed by atoms with Crippen LogP contribution in [0.4, 0.5) is 0 Å². The molecule has 0 fully saturated rings. The van der Waals surface area contributed by atoms with Crippen molar-refractivity contribution >= 4 is 136 Å². The van der Waals surface area contributed by atoms with Gasteiger partial charge >= 0.3 is 67.2 Å². The minimum atomic E-state index is -0.918. The molecule has 7 aromatic heterocycles. The van der Waals surface area contributed by atoms with E-state index < -0.39 is 93.3 Å². The van der Waals surface area contributed by atoms with Gasteiger partial charge in [-0.1, -0.05) is 107 Å². The number of carbonyl (C=O) groups excluding carboxylic acids is 8. The first-order chi connectivity index (χ1) is 54.5. The number of unbranched alkanes of at least 4 members (excludes halogenated alkanes) is 8. The summed E-state index contributed by atoms with van der Waals surface area (Å²) in [5, 5.41) is 1.00. The smallest absolute Gasteiger partial charge is 0.461 e. The van der Waals surface area contributed by atoms with Crippen molar-refractivity contribution < 1.29 is 95.7 Å². The Balaban J connectivity index is 0.0000118. The van der Waals surface area contributed by atoms with Gasteiger partial charge in [0.25, 0.3) is 0 Å². The summed E-state index contributed by atoms with van der Waals surface area (Å²) in [6.45, 7) is 15.6. The summed E-state index contributed by atoms with van der Waals surface area (Å²) in [6.07, 6.45) is 9.78. The number of aromatic nitrogens is 16. The maximum absolute atomic E-state index is 14.1. The molecule has 2 aliphatic heterocycles. The molecule has 33 heteroatoms. The molecule has 578 valence electrons. The minimum Gasteiger partial charge on any atom is -0.461 e. The molecule has 0 amide bonds. The van der Waals surface area contributed by atoms with Crippen LogP contribution in [0.3, 0.4) is 0 Å². The quantitative estimate of drug-likeness (QED) is 0.0163. The molecule has 0 radical (unpaired) electrons. The first kappa shape index (κ1) is 80.5. The fourth-order valence-electron chi connectivity index (χ4n) is 12.0. The van der Waals surface area contributed by atoms with Gasteiger partial charge in [0.05, 0.1) is 120 Å². The Bertz CT molecular complexity index is 5110. The van der Waals surface area contributed by atoms with Gasteiger partial charge in [-0.25, -0.2) is 88.2 Å². The Hall–Kier alpha value is -12.0. The van der Waals surface area contributed by atoms with Crippen molar-refractivity contribution in [2.24, 2.45) is 0 Å². The first-order valence-electron chi connectivity index (χ1n) is 38.0. The molecule has 0 saturated heterocycles. The van der Waals surface area contributed by atoms with Gasteiger partial charge in [-0.05, 0) is 121 Å². The third kappa shape index (κ3) is 17.2. The van der Waals surface area contributed by atoms with E-state index in [9.17, 15) is 38.4 Å². The maximum atomic E-state index is 14.1. The molecular formula is C80H80N16O16Zn. The molecule has 0 saturated carbocycles. The van der Waals surface area contributed by atoms with Gasteiger partial charge in [-0.3, -0.25) is 0 Å². The Kier molecular flexibility index (Phi) is 26.0. The van der Waals surface area contributed by atoms with Crippen molar-refractivity contribution in [3.05, 3.63) is 94.1 Å². The number of carbonyl (C=O) groups is 8. The second-order valence-electron chi connectivity index (χ2n) is 26.6. The standard InChI is InChI=1S/C80H82N16O16.Zn/c1-9-17-25-105-73(97)57-58(74(98)106-26-18-10-2)82-50-34-42-41(33-49(50)81-57)65-89-66(42)94-68-45-37-53-54(86-62(78(102)110-30-22-14-6)61(85-53)77(101)109-29-21-13-5)38-46(45)70(91-68)96-72-48-40-56-55(87-63(79(103)111-31-23-15-7)64(88-56)80(104)112-32-24-16-8)39-47(48)71(92-72)95-69-44-36-52-51(35-43(44)67(90-69)93-65)83-59(75(99)107-27-19-11-3)60(84-52)76(100)108-28-20-12-4;/h33-40H,9-32H2,1-8H3,(H2,81,82,83,84,85,86,87,88,89,90,91,92,93,94,95,96,97,98,99,100,101,102,103,104);/q;+2/p-2.